The SMILES string of the molecule is O=C=NCc1c(Br)cc(C=O)c2c1OCO2. The molecule has 0 aliphatic carbocycles. The molecule has 5 nitrogen and oxygen atoms in total. The van der Waals surface area contributed by atoms with E-state index < -0.39 is 0 Å². The van der Waals surface area contributed by atoms with Gasteiger partial charge in [-0.05, 0) is 6.07 Å². The van der Waals surface area contributed by atoms with Gasteiger partial charge in [-0.1, -0.05) is 15.9 Å². The maximum Gasteiger partial charge on any atom is 0.235 e. The van der Waals surface area contributed by atoms with Gasteiger partial charge in [0.25, 0.3) is 0 Å². The molecule has 0 aromatic heterocycles. The number of fused-ring (bicyclic) bond motifs is 1. The fraction of sp³-hybridized carbons (Fsp3) is 0.200. The quantitative estimate of drug-likeness (QED) is 0.482. The maximum absolute atomic E-state index is 10.8. The highest BCUT2D eigenvalue weighted by molar-refractivity contribution is 9.10. The minimum absolute atomic E-state index is 0.0600. The van der Waals surface area contributed by atoms with Crippen LogP contribution in [0.15, 0.2) is 15.5 Å². The fourth-order valence-electron chi connectivity index (χ4n) is 1.46. The van der Waals surface area contributed by atoms with Crippen molar-refractivity contribution >= 4 is 28.3 Å². The molecule has 16 heavy (non-hydrogen) atoms. The lowest BCUT2D eigenvalue weighted by Gasteiger charge is -2.07. The Morgan fingerprint density at radius 3 is 2.94 bits per heavy atom. The molecule has 1 heterocycles. The van der Waals surface area contributed by atoms with Crippen LogP contribution in [-0.2, 0) is 11.3 Å². The summed E-state index contributed by atoms with van der Waals surface area (Å²) in [5.41, 5.74) is 1.07. The first-order chi connectivity index (χ1) is 7.77. The van der Waals surface area contributed by atoms with E-state index in [-0.39, 0.29) is 13.3 Å². The number of carbonyl (C=O) groups excluding carboxylic acids is 2. The molecule has 0 unspecified atom stereocenters. The molecule has 0 spiro atoms. The zero-order valence-electron chi connectivity index (χ0n) is 8.03. The third-order valence-corrected chi connectivity index (χ3v) is 2.86. The summed E-state index contributed by atoms with van der Waals surface area (Å²) in [6.45, 7) is 0.194. The van der Waals surface area contributed by atoms with Gasteiger partial charge in [0, 0.05) is 10.0 Å². The largest absolute Gasteiger partial charge is 0.453 e. The number of nitrogens with zero attached hydrogens (tertiary/aromatic N) is 1. The van der Waals surface area contributed by atoms with Crippen molar-refractivity contribution in [2.75, 3.05) is 6.79 Å². The van der Waals surface area contributed by atoms with Crippen LogP contribution in [0.25, 0.3) is 0 Å². The van der Waals surface area contributed by atoms with Crippen LogP contribution in [0.5, 0.6) is 11.5 Å². The minimum atomic E-state index is 0.0600. The van der Waals surface area contributed by atoms with Gasteiger partial charge in [-0.15, -0.1) is 0 Å². The van der Waals surface area contributed by atoms with Gasteiger partial charge in [0.05, 0.1) is 12.1 Å². The molecule has 82 valence electrons. The summed E-state index contributed by atoms with van der Waals surface area (Å²) in [7, 11) is 0. The first-order valence-corrected chi connectivity index (χ1v) is 5.17. The Balaban J connectivity index is 2.57. The second kappa shape index (κ2) is 4.47. The lowest BCUT2D eigenvalue weighted by Crippen LogP contribution is -1.94. The predicted octanol–water partition coefficient (Wildman–Crippen LogP) is 1.83. The van der Waals surface area contributed by atoms with Crippen molar-refractivity contribution < 1.29 is 19.1 Å². The molecule has 0 bridgehead atoms. The molecule has 1 aliphatic heterocycles. The van der Waals surface area contributed by atoms with Gasteiger partial charge in [0.15, 0.2) is 17.8 Å². The number of isocyanates is 1. The summed E-state index contributed by atoms with van der Waals surface area (Å²) in [6.07, 6.45) is 2.14. The van der Waals surface area contributed by atoms with Crippen molar-refractivity contribution in [3.63, 3.8) is 0 Å². The molecule has 0 amide bonds. The van der Waals surface area contributed by atoms with Crippen molar-refractivity contribution in [2.45, 2.75) is 6.54 Å². The summed E-state index contributed by atoms with van der Waals surface area (Å²) < 4.78 is 11.1. The number of aldehydes is 1. The van der Waals surface area contributed by atoms with Gasteiger partial charge in [0.2, 0.25) is 12.9 Å². The first-order valence-electron chi connectivity index (χ1n) is 4.37. The average molecular weight is 284 g/mol. The Hall–Kier alpha value is -1.65. The Morgan fingerprint density at radius 2 is 2.25 bits per heavy atom. The van der Waals surface area contributed by atoms with E-state index in [1.165, 1.54) is 6.08 Å². The molecule has 6 heteroatoms. The van der Waals surface area contributed by atoms with Crippen LogP contribution in [0.4, 0.5) is 0 Å². The Bertz CT molecular complexity index is 494. The second-order valence-corrected chi connectivity index (χ2v) is 3.87. The van der Waals surface area contributed by atoms with Crippen molar-refractivity contribution in [2.24, 2.45) is 4.99 Å². The summed E-state index contributed by atoms with van der Waals surface area (Å²) in [4.78, 5) is 24.4. The number of halogens is 1. The van der Waals surface area contributed by atoms with Crippen LogP contribution < -0.4 is 9.47 Å². The standard InChI is InChI=1S/C10H6BrNO4/c11-8-1-6(3-13)9-10(16-5-15-9)7(8)2-12-4-14/h1,3H,2,5H2. The van der Waals surface area contributed by atoms with Crippen LogP contribution in [0, 0.1) is 0 Å². The minimum Gasteiger partial charge on any atom is -0.453 e. The molecule has 0 saturated carbocycles. The van der Waals surface area contributed by atoms with Crippen molar-refractivity contribution in [3.05, 3.63) is 21.7 Å². The molecular weight excluding hydrogens is 278 g/mol. The number of benzene rings is 1. The molecule has 0 saturated heterocycles. The van der Waals surface area contributed by atoms with Gasteiger partial charge < -0.3 is 9.47 Å². The van der Waals surface area contributed by atoms with E-state index >= 15 is 0 Å². The molecule has 1 aliphatic rings. The van der Waals surface area contributed by atoms with Gasteiger partial charge in [-0.25, -0.2) is 9.79 Å². The summed E-state index contributed by atoms with van der Waals surface area (Å²) in [5, 5.41) is 0. The van der Waals surface area contributed by atoms with E-state index in [1.54, 1.807) is 6.07 Å². The molecule has 0 fully saturated rings. The van der Waals surface area contributed by atoms with Gasteiger partial charge in [-0.3, -0.25) is 4.79 Å². The molecule has 0 radical (unpaired) electrons. The molecule has 2 rings (SSSR count). The summed E-state index contributed by atoms with van der Waals surface area (Å²) >= 11 is 3.29. The van der Waals surface area contributed by atoms with Crippen molar-refractivity contribution in [1.82, 2.24) is 0 Å². The van der Waals surface area contributed by atoms with Gasteiger partial charge >= 0.3 is 0 Å². The molecule has 1 aromatic rings. The van der Waals surface area contributed by atoms with E-state index in [9.17, 15) is 9.59 Å². The Kier molecular flexibility index (Phi) is 3.03. The van der Waals surface area contributed by atoms with E-state index in [2.05, 4.69) is 20.9 Å². The first kappa shape index (κ1) is 10.9. The smallest absolute Gasteiger partial charge is 0.235 e. The second-order valence-electron chi connectivity index (χ2n) is 3.02. The topological polar surface area (TPSA) is 65.0 Å². The molecule has 0 N–H and O–H groups in total. The van der Waals surface area contributed by atoms with Gasteiger partial charge in [0.1, 0.15) is 0 Å². The third-order valence-electron chi connectivity index (χ3n) is 2.15. The van der Waals surface area contributed by atoms with Crippen LogP contribution >= 0.6 is 15.9 Å². The van der Waals surface area contributed by atoms with E-state index in [1.807, 2.05) is 0 Å². The van der Waals surface area contributed by atoms with Crippen LogP contribution in [0.3, 0.4) is 0 Å². The normalized spacial score (nSPS) is 12.1. The van der Waals surface area contributed by atoms with Crippen LogP contribution in [-0.4, -0.2) is 19.2 Å². The number of rotatable bonds is 3. The van der Waals surface area contributed by atoms with E-state index in [0.717, 1.165) is 0 Å². The third kappa shape index (κ3) is 1.73. The number of hydrogen-bond acceptors (Lipinski definition) is 5. The number of ether oxygens (including phenoxy) is 2. The average Bonchev–Trinajstić information content (AvgIpc) is 2.76. The molecular formula is C10H6BrNO4. The monoisotopic (exact) mass is 283 g/mol. The number of aliphatic imine (C=N–C) groups is 1. The highest BCUT2D eigenvalue weighted by Crippen LogP contribution is 2.42. The lowest BCUT2D eigenvalue weighted by molar-refractivity contribution is 0.111. The number of hydrogen-bond donors (Lipinski definition) is 0. The summed E-state index contributed by atoms with van der Waals surface area (Å²) in [5.74, 6) is 0.852. The van der Waals surface area contributed by atoms with Crippen molar-refractivity contribution in [1.29, 1.82) is 0 Å². The lowest BCUT2D eigenvalue weighted by atomic mass is 10.1. The molecule has 1 aromatic carbocycles. The fourth-order valence-corrected chi connectivity index (χ4v) is 2.01. The van der Waals surface area contributed by atoms with Crippen LogP contribution in [0.1, 0.15) is 15.9 Å². The zero-order valence-corrected chi connectivity index (χ0v) is 9.61. The van der Waals surface area contributed by atoms with Crippen LogP contribution in [0.2, 0.25) is 0 Å². The van der Waals surface area contributed by atoms with Gasteiger partial charge in [-0.2, -0.15) is 0 Å². The van der Waals surface area contributed by atoms with Crippen molar-refractivity contribution in [3.8, 4) is 11.5 Å². The van der Waals surface area contributed by atoms with E-state index in [0.29, 0.717) is 33.4 Å². The zero-order chi connectivity index (χ0) is 11.5. The predicted molar refractivity (Wildman–Crippen MR) is 57.5 cm³/mol. The highest BCUT2D eigenvalue weighted by Gasteiger charge is 2.24. The maximum atomic E-state index is 10.8. The number of carbonyl (C=O) groups is 1. The highest BCUT2D eigenvalue weighted by atomic mass is 79.9. The molecule has 0 atom stereocenters. The summed E-state index contributed by atoms with van der Waals surface area (Å²) in [6, 6.07) is 1.61. The Morgan fingerprint density at radius 1 is 1.50 bits per heavy atom. The van der Waals surface area contributed by atoms with E-state index in [4.69, 9.17) is 9.47 Å². The Labute approximate surface area is 99.2 Å².